The Labute approximate surface area is 357 Å². The summed E-state index contributed by atoms with van der Waals surface area (Å²) in [6.07, 6.45) is 33.5. The maximum atomic E-state index is 2.45. The van der Waals surface area contributed by atoms with E-state index in [0.29, 0.717) is 17.8 Å². The predicted octanol–water partition coefficient (Wildman–Crippen LogP) is 15.1. The number of hydrogen-bond acceptors (Lipinski definition) is 1. The van der Waals surface area contributed by atoms with E-state index in [9.17, 15) is 0 Å². The highest BCUT2D eigenvalue weighted by molar-refractivity contribution is 6.06. The molecule has 7 aliphatic carbocycles. The molecule has 3 atom stereocenters. The SMILES string of the molecule is C1=CC2=CCc3cccc4c3C2C(=C1)C(c1ccc(N(c2ccc(C3=C5C=CC=C6C=CC7=CC=CC(=C3)C7C65)cc2)c2ccc(-c3ccccc3)c3ccccc23)cc1)=C4. The average Bonchev–Trinajstić information content (AvgIpc) is 3.33. The lowest BCUT2D eigenvalue weighted by Gasteiger charge is -2.41. The zero-order valence-corrected chi connectivity index (χ0v) is 33.7. The molecule has 7 aliphatic rings. The minimum atomic E-state index is 0.296. The maximum Gasteiger partial charge on any atom is 0.0540 e. The van der Waals surface area contributed by atoms with Crippen molar-refractivity contribution in [3.05, 3.63) is 274 Å². The van der Waals surface area contributed by atoms with Crippen LogP contribution in [0.25, 0.3) is 39.1 Å². The molecule has 0 heterocycles. The molecule has 3 unspecified atom stereocenters. The van der Waals surface area contributed by atoms with Gasteiger partial charge < -0.3 is 4.90 Å². The standard InChI is InChI=1S/C60H41N/c1-2-10-38(11-3-1)49-34-35-56(51-19-5-4-18-50(49)51)61(47-30-26-39(27-31-47)54-36-45-16-6-12-41-22-24-43-14-8-20-52(54)59(43)57(41)45)48-32-28-40(29-33-48)55-37-46-17-7-13-42-23-25-44-15-9-21-53(55)60(44)58(42)46/h1-22,24-37,57,59-60H,23H2. The van der Waals surface area contributed by atoms with Crippen molar-refractivity contribution in [2.24, 2.45) is 11.8 Å². The Bertz CT molecular complexity index is 3230. The average molecular weight is 776 g/mol. The summed E-state index contributed by atoms with van der Waals surface area (Å²) in [7, 11) is 0. The normalized spacial score (nSPS) is 20.8. The first-order valence-corrected chi connectivity index (χ1v) is 21.7. The van der Waals surface area contributed by atoms with Crippen molar-refractivity contribution in [3.8, 4) is 11.1 Å². The van der Waals surface area contributed by atoms with E-state index in [2.05, 4.69) is 223 Å². The van der Waals surface area contributed by atoms with Gasteiger partial charge in [0.15, 0.2) is 0 Å². The predicted molar refractivity (Wildman–Crippen MR) is 256 cm³/mol. The number of rotatable bonds is 6. The van der Waals surface area contributed by atoms with E-state index in [4.69, 9.17) is 0 Å². The second-order valence-electron chi connectivity index (χ2n) is 17.1. The first-order chi connectivity index (χ1) is 30.2. The van der Waals surface area contributed by atoms with Gasteiger partial charge >= 0.3 is 0 Å². The van der Waals surface area contributed by atoms with Gasteiger partial charge in [-0.05, 0) is 132 Å². The van der Waals surface area contributed by atoms with E-state index in [1.807, 2.05) is 0 Å². The highest BCUT2D eigenvalue weighted by Gasteiger charge is 2.39. The molecule has 0 radical (unpaired) electrons. The molecule has 0 saturated heterocycles. The minimum Gasteiger partial charge on any atom is -0.310 e. The molecular weight excluding hydrogens is 735 g/mol. The fourth-order valence-electron chi connectivity index (χ4n) is 11.2. The molecule has 0 N–H and O–H groups in total. The maximum absolute atomic E-state index is 2.45. The van der Waals surface area contributed by atoms with E-state index in [1.54, 1.807) is 0 Å². The fourth-order valence-corrected chi connectivity index (χ4v) is 11.2. The topological polar surface area (TPSA) is 3.24 Å². The Morgan fingerprint density at radius 3 is 2.00 bits per heavy atom. The second-order valence-corrected chi connectivity index (χ2v) is 17.1. The van der Waals surface area contributed by atoms with Crippen LogP contribution in [-0.4, -0.2) is 0 Å². The van der Waals surface area contributed by atoms with Crippen molar-refractivity contribution in [3.63, 3.8) is 0 Å². The van der Waals surface area contributed by atoms with E-state index < -0.39 is 0 Å². The zero-order chi connectivity index (χ0) is 40.0. The molecule has 1 heteroatoms. The second kappa shape index (κ2) is 13.5. The number of allylic oxidation sites excluding steroid dienone is 21. The Balaban J connectivity index is 0.942. The quantitative estimate of drug-likeness (QED) is 0.163. The first-order valence-electron chi connectivity index (χ1n) is 21.7. The molecule has 0 spiro atoms. The molecule has 0 aliphatic heterocycles. The lowest BCUT2D eigenvalue weighted by molar-refractivity contribution is 0.567. The Morgan fingerprint density at radius 1 is 0.475 bits per heavy atom. The Kier molecular flexibility index (Phi) is 7.63. The van der Waals surface area contributed by atoms with Crippen molar-refractivity contribution in [2.45, 2.75) is 12.3 Å². The van der Waals surface area contributed by atoms with Crippen molar-refractivity contribution >= 4 is 45.1 Å². The largest absolute Gasteiger partial charge is 0.310 e. The molecule has 6 aromatic rings. The minimum absolute atomic E-state index is 0.296. The van der Waals surface area contributed by atoms with Crippen molar-refractivity contribution in [1.82, 2.24) is 0 Å². The molecule has 0 bridgehead atoms. The van der Waals surface area contributed by atoms with Crippen LogP contribution in [-0.2, 0) is 6.42 Å². The molecule has 0 saturated carbocycles. The Hall–Kier alpha value is -7.48. The summed E-state index contributed by atoms with van der Waals surface area (Å²) in [6, 6.07) is 49.7. The van der Waals surface area contributed by atoms with Crippen LogP contribution in [0.15, 0.2) is 246 Å². The van der Waals surface area contributed by atoms with Crippen molar-refractivity contribution < 1.29 is 0 Å². The van der Waals surface area contributed by atoms with Gasteiger partial charge in [0, 0.05) is 34.5 Å². The third kappa shape index (κ3) is 5.33. The van der Waals surface area contributed by atoms with E-state index >= 15 is 0 Å². The number of nitrogens with zero attached hydrogens (tertiary/aromatic N) is 1. The number of benzene rings is 6. The van der Waals surface area contributed by atoms with E-state index in [0.717, 1.165) is 23.5 Å². The van der Waals surface area contributed by atoms with E-state index in [1.165, 1.54) is 94.3 Å². The van der Waals surface area contributed by atoms with Crippen LogP contribution >= 0.6 is 0 Å². The zero-order valence-electron chi connectivity index (χ0n) is 33.7. The first kappa shape index (κ1) is 34.4. The summed E-state index contributed by atoms with van der Waals surface area (Å²) in [5.74, 6) is 1.03. The molecule has 61 heavy (non-hydrogen) atoms. The van der Waals surface area contributed by atoms with Gasteiger partial charge in [-0.15, -0.1) is 0 Å². The van der Waals surface area contributed by atoms with Gasteiger partial charge in [0.05, 0.1) is 5.69 Å². The summed E-state index contributed by atoms with van der Waals surface area (Å²) in [5.41, 5.74) is 23.7. The summed E-state index contributed by atoms with van der Waals surface area (Å²) in [4.78, 5) is 2.45. The lowest BCUT2D eigenvalue weighted by atomic mass is 9.62. The van der Waals surface area contributed by atoms with E-state index in [-0.39, 0.29) is 0 Å². The molecule has 0 aromatic heterocycles. The monoisotopic (exact) mass is 775 g/mol. The van der Waals surface area contributed by atoms with Crippen LogP contribution in [0.4, 0.5) is 17.1 Å². The molecule has 1 nitrogen and oxygen atoms in total. The van der Waals surface area contributed by atoms with Crippen LogP contribution in [0.3, 0.4) is 0 Å². The molecule has 6 aromatic carbocycles. The summed E-state index contributed by atoms with van der Waals surface area (Å²) < 4.78 is 0. The number of hydrogen-bond donors (Lipinski definition) is 0. The molecule has 286 valence electrons. The van der Waals surface area contributed by atoms with Gasteiger partial charge in [-0.3, -0.25) is 0 Å². The smallest absolute Gasteiger partial charge is 0.0540 e. The fraction of sp³-hybridized carbons (Fsp3) is 0.0667. The third-order valence-corrected chi connectivity index (χ3v) is 14.0. The van der Waals surface area contributed by atoms with Gasteiger partial charge in [-0.2, -0.15) is 0 Å². The van der Waals surface area contributed by atoms with Crippen LogP contribution in [0.2, 0.25) is 0 Å². The summed E-state index contributed by atoms with van der Waals surface area (Å²) in [6.45, 7) is 0. The van der Waals surface area contributed by atoms with Crippen LogP contribution < -0.4 is 4.90 Å². The third-order valence-electron chi connectivity index (χ3n) is 14.0. The lowest BCUT2D eigenvalue weighted by Crippen LogP contribution is -2.29. The van der Waals surface area contributed by atoms with Gasteiger partial charge in [-0.1, -0.05) is 182 Å². The highest BCUT2D eigenvalue weighted by Crippen LogP contribution is 2.53. The summed E-state index contributed by atoms with van der Waals surface area (Å²) in [5, 5.41) is 2.45. The molecular formula is C60H41N. The summed E-state index contributed by atoms with van der Waals surface area (Å²) >= 11 is 0. The Morgan fingerprint density at radius 2 is 1.18 bits per heavy atom. The number of anilines is 3. The van der Waals surface area contributed by atoms with Gasteiger partial charge in [0.1, 0.15) is 0 Å². The molecule has 0 amide bonds. The van der Waals surface area contributed by atoms with Crippen molar-refractivity contribution in [1.29, 1.82) is 0 Å². The molecule has 13 rings (SSSR count). The molecule has 0 fully saturated rings. The van der Waals surface area contributed by atoms with Gasteiger partial charge in [0.2, 0.25) is 0 Å². The van der Waals surface area contributed by atoms with Crippen LogP contribution in [0.1, 0.15) is 33.7 Å². The van der Waals surface area contributed by atoms with Gasteiger partial charge in [-0.25, -0.2) is 0 Å². The van der Waals surface area contributed by atoms with Gasteiger partial charge in [0.25, 0.3) is 0 Å². The van der Waals surface area contributed by atoms with Crippen LogP contribution in [0, 0.1) is 11.8 Å². The van der Waals surface area contributed by atoms with Crippen LogP contribution in [0.5, 0.6) is 0 Å². The van der Waals surface area contributed by atoms with Crippen molar-refractivity contribution in [2.75, 3.05) is 4.90 Å². The number of fused-ring (bicyclic) bond motifs is 1. The highest BCUT2D eigenvalue weighted by atomic mass is 15.1.